The van der Waals surface area contributed by atoms with Crippen LogP contribution < -0.4 is 10.1 Å². The van der Waals surface area contributed by atoms with E-state index in [1.807, 2.05) is 42.1 Å². The van der Waals surface area contributed by atoms with Crippen LogP contribution in [0.1, 0.15) is 119 Å². The van der Waals surface area contributed by atoms with E-state index >= 15 is 0 Å². The Kier molecular flexibility index (Phi) is 17.6. The number of halogens is 1. The molecule has 0 aliphatic carbocycles. The van der Waals surface area contributed by atoms with Crippen LogP contribution in [0.2, 0.25) is 0 Å². The van der Waals surface area contributed by atoms with Crippen molar-refractivity contribution in [3.63, 3.8) is 0 Å². The highest BCUT2D eigenvalue weighted by atomic mass is 79.9. The molecule has 1 aliphatic heterocycles. The molecular formula is C35H51BrN2O3S. The van der Waals surface area contributed by atoms with Crippen molar-refractivity contribution in [2.75, 3.05) is 17.8 Å². The van der Waals surface area contributed by atoms with E-state index in [-0.39, 0.29) is 35.1 Å². The Morgan fingerprint density at radius 1 is 0.881 bits per heavy atom. The largest absolute Gasteiger partial charge is 0.493 e. The molecule has 0 unspecified atom stereocenters. The summed E-state index contributed by atoms with van der Waals surface area (Å²) < 4.78 is 5.99. The molecular weight excluding hydrogens is 608 g/mol. The van der Waals surface area contributed by atoms with Crippen molar-refractivity contribution in [1.29, 1.82) is 0 Å². The molecule has 42 heavy (non-hydrogen) atoms. The van der Waals surface area contributed by atoms with E-state index in [2.05, 4.69) is 36.3 Å². The molecule has 0 saturated heterocycles. The molecule has 0 saturated carbocycles. The summed E-state index contributed by atoms with van der Waals surface area (Å²) in [6.45, 7) is 7.37. The van der Waals surface area contributed by atoms with Gasteiger partial charge in [-0.15, -0.1) is 28.7 Å². The highest BCUT2D eigenvalue weighted by molar-refractivity contribution is 8.93. The Hall–Kier alpha value is -2.25. The Morgan fingerprint density at radius 3 is 2.17 bits per heavy atom. The lowest BCUT2D eigenvalue weighted by molar-refractivity contribution is -0.115. The number of nitrogens with one attached hydrogen (secondary N) is 1. The number of nitrogens with zero attached hydrogens (tertiary/aromatic N) is 1. The zero-order valence-corrected chi connectivity index (χ0v) is 28.5. The number of Topliss-reactive ketones (excluding diaryl/α,β-unsaturated/α-hetero) is 1. The third kappa shape index (κ3) is 13.8. The predicted octanol–water partition coefficient (Wildman–Crippen LogP) is 10.1. The molecule has 0 spiro atoms. The summed E-state index contributed by atoms with van der Waals surface area (Å²) in [5.74, 6) is 1.42. The molecule has 0 fully saturated rings. The molecule has 1 heterocycles. The van der Waals surface area contributed by atoms with E-state index in [1.54, 1.807) is 13.0 Å². The fraction of sp³-hybridized carbons (Fsp3) is 0.543. The van der Waals surface area contributed by atoms with Gasteiger partial charge in [-0.05, 0) is 60.6 Å². The summed E-state index contributed by atoms with van der Waals surface area (Å²) in [5, 5.41) is 3.01. The summed E-state index contributed by atoms with van der Waals surface area (Å²) in [6.07, 6.45) is 18.0. The van der Waals surface area contributed by atoms with Crippen LogP contribution in [0.15, 0.2) is 53.6 Å². The minimum absolute atomic E-state index is 0. The molecule has 1 N–H and O–H groups in total. The first-order valence-electron chi connectivity index (χ1n) is 15.7. The fourth-order valence-corrected chi connectivity index (χ4v) is 5.95. The number of benzene rings is 2. The maximum atomic E-state index is 12.8. The Morgan fingerprint density at radius 2 is 1.55 bits per heavy atom. The van der Waals surface area contributed by atoms with Crippen molar-refractivity contribution in [3.05, 3.63) is 70.3 Å². The van der Waals surface area contributed by atoms with Crippen LogP contribution in [0, 0.1) is 0 Å². The molecule has 1 amide bonds. The second-order valence-corrected chi connectivity index (χ2v) is 12.5. The molecule has 2 aromatic carbocycles. The first kappa shape index (κ1) is 35.9. The van der Waals surface area contributed by atoms with Crippen molar-refractivity contribution in [2.24, 2.45) is 0 Å². The Bertz CT molecular complexity index is 1140. The van der Waals surface area contributed by atoms with Gasteiger partial charge in [0, 0.05) is 18.4 Å². The van der Waals surface area contributed by atoms with Gasteiger partial charge >= 0.3 is 0 Å². The lowest BCUT2D eigenvalue weighted by Crippen LogP contribution is -2.16. The van der Waals surface area contributed by atoms with E-state index in [0.29, 0.717) is 17.9 Å². The number of allylic oxidation sites excluding steroid dienone is 1. The van der Waals surface area contributed by atoms with Crippen molar-refractivity contribution < 1.29 is 14.3 Å². The first-order valence-corrected chi connectivity index (χ1v) is 16.6. The Balaban J connectivity index is 0.00000616. The summed E-state index contributed by atoms with van der Waals surface area (Å²) in [5.41, 5.74) is 3.29. The molecule has 3 rings (SSSR count). The maximum absolute atomic E-state index is 12.8. The molecule has 232 valence electrons. The SMILES string of the molecule is Br.CCCCCCCCCCCCCCOc1ccc(CC(=O)Nc2cccc(CN3C=C(C)SC3)c2)cc1C(C)=O. The number of carbonyl (C=O) groups is 2. The molecule has 5 nitrogen and oxygen atoms in total. The van der Waals surface area contributed by atoms with Gasteiger partial charge in [0.25, 0.3) is 0 Å². The summed E-state index contributed by atoms with van der Waals surface area (Å²) in [6, 6.07) is 13.5. The van der Waals surface area contributed by atoms with Gasteiger partial charge in [-0.25, -0.2) is 0 Å². The van der Waals surface area contributed by atoms with Gasteiger partial charge in [-0.1, -0.05) is 95.8 Å². The van der Waals surface area contributed by atoms with Crippen LogP contribution in [-0.2, 0) is 17.8 Å². The minimum atomic E-state index is -0.103. The molecule has 0 aromatic heterocycles. The van der Waals surface area contributed by atoms with Crippen molar-refractivity contribution in [3.8, 4) is 5.75 Å². The van der Waals surface area contributed by atoms with Gasteiger partial charge in [0.05, 0.1) is 24.5 Å². The number of carbonyl (C=O) groups excluding carboxylic acids is 2. The number of amides is 1. The van der Waals surface area contributed by atoms with E-state index in [9.17, 15) is 9.59 Å². The van der Waals surface area contributed by atoms with Crippen LogP contribution in [0.25, 0.3) is 0 Å². The van der Waals surface area contributed by atoms with Crippen LogP contribution in [0.5, 0.6) is 5.75 Å². The molecule has 1 aliphatic rings. The van der Waals surface area contributed by atoms with Gasteiger partial charge in [-0.2, -0.15) is 0 Å². The molecule has 7 heteroatoms. The molecule has 0 bridgehead atoms. The van der Waals surface area contributed by atoms with Gasteiger partial charge in [0.1, 0.15) is 5.75 Å². The third-order valence-electron chi connectivity index (χ3n) is 7.46. The standard InChI is InChI=1S/C35H50N2O3S.BrH/c1-4-5-6-7-8-9-10-11-12-13-14-15-21-40-34-20-19-30(23-33(34)29(3)38)24-35(39)36-32-18-16-17-31(22-32)26-37-25-28(2)41-27-37;/h16-20,22-23,25H,4-15,21,24,26-27H2,1-3H3,(H,36,39);1H. The number of hydrogen-bond acceptors (Lipinski definition) is 5. The van der Waals surface area contributed by atoms with Gasteiger partial charge in [0.2, 0.25) is 5.91 Å². The fourth-order valence-electron chi connectivity index (χ4n) is 5.19. The second kappa shape index (κ2) is 20.6. The number of ether oxygens (including phenoxy) is 1. The number of hydrogen-bond donors (Lipinski definition) is 1. The average Bonchev–Trinajstić information content (AvgIpc) is 3.36. The molecule has 0 atom stereocenters. The smallest absolute Gasteiger partial charge is 0.228 e. The van der Waals surface area contributed by atoms with E-state index in [1.165, 1.54) is 69.1 Å². The zero-order valence-electron chi connectivity index (χ0n) is 25.9. The van der Waals surface area contributed by atoms with Crippen LogP contribution in [0.4, 0.5) is 5.69 Å². The van der Waals surface area contributed by atoms with Crippen LogP contribution in [-0.4, -0.2) is 29.1 Å². The predicted molar refractivity (Wildman–Crippen MR) is 184 cm³/mol. The normalized spacial score (nSPS) is 12.5. The Labute approximate surface area is 269 Å². The van der Waals surface area contributed by atoms with E-state index < -0.39 is 0 Å². The average molecular weight is 660 g/mol. The first-order chi connectivity index (χ1) is 19.9. The second-order valence-electron chi connectivity index (χ2n) is 11.3. The maximum Gasteiger partial charge on any atom is 0.228 e. The zero-order chi connectivity index (χ0) is 29.3. The molecule has 0 radical (unpaired) electrons. The number of thioether (sulfide) groups is 1. The van der Waals surface area contributed by atoms with Gasteiger partial charge in [0.15, 0.2) is 5.78 Å². The summed E-state index contributed by atoms with van der Waals surface area (Å²) in [7, 11) is 0. The minimum Gasteiger partial charge on any atom is -0.493 e. The third-order valence-corrected chi connectivity index (χ3v) is 8.48. The number of anilines is 1. The highest BCUT2D eigenvalue weighted by Gasteiger charge is 2.13. The van der Waals surface area contributed by atoms with Gasteiger partial charge in [-0.3, -0.25) is 9.59 Å². The summed E-state index contributed by atoms with van der Waals surface area (Å²) in [4.78, 5) is 28.7. The monoisotopic (exact) mass is 658 g/mol. The quantitative estimate of drug-likeness (QED) is 0.113. The van der Waals surface area contributed by atoms with Crippen molar-refractivity contribution >= 4 is 46.1 Å². The number of unbranched alkanes of at least 4 members (excludes halogenated alkanes) is 11. The topological polar surface area (TPSA) is 58.6 Å². The summed E-state index contributed by atoms with van der Waals surface area (Å²) >= 11 is 1.84. The number of rotatable bonds is 20. The lowest BCUT2D eigenvalue weighted by atomic mass is 10.0. The lowest BCUT2D eigenvalue weighted by Gasteiger charge is -2.15. The van der Waals surface area contributed by atoms with Crippen LogP contribution in [0.3, 0.4) is 0 Å². The van der Waals surface area contributed by atoms with E-state index in [0.717, 1.165) is 42.1 Å². The van der Waals surface area contributed by atoms with E-state index in [4.69, 9.17) is 4.74 Å². The highest BCUT2D eigenvalue weighted by Crippen LogP contribution is 2.26. The van der Waals surface area contributed by atoms with Crippen molar-refractivity contribution in [1.82, 2.24) is 4.90 Å². The van der Waals surface area contributed by atoms with Crippen LogP contribution >= 0.6 is 28.7 Å². The number of ketones is 1. The molecule has 2 aromatic rings. The van der Waals surface area contributed by atoms with Crippen molar-refractivity contribution in [2.45, 2.75) is 111 Å². The van der Waals surface area contributed by atoms with Gasteiger partial charge < -0.3 is 15.0 Å².